The minimum Gasteiger partial charge on any atom is -0.503 e. The van der Waals surface area contributed by atoms with Crippen molar-refractivity contribution in [3.8, 4) is 5.75 Å². The van der Waals surface area contributed by atoms with Gasteiger partial charge in [-0.25, -0.2) is 8.78 Å². The Hall–Kier alpha value is -2.88. The molecule has 1 aromatic heterocycles. The zero-order valence-corrected chi connectivity index (χ0v) is 16.1. The average Bonchev–Trinajstić information content (AvgIpc) is 3.04. The number of nitrogens with one attached hydrogen (secondary N) is 1. The third-order valence-electron chi connectivity index (χ3n) is 5.06. The molecule has 0 bridgehead atoms. The number of amides is 2. The van der Waals surface area contributed by atoms with Crippen LogP contribution in [0.3, 0.4) is 0 Å². The fourth-order valence-corrected chi connectivity index (χ4v) is 4.96. The summed E-state index contributed by atoms with van der Waals surface area (Å²) in [5.41, 5.74) is -1.42. The van der Waals surface area contributed by atoms with E-state index < -0.39 is 34.6 Å². The van der Waals surface area contributed by atoms with Crippen molar-refractivity contribution in [1.29, 1.82) is 0 Å². The maximum Gasteiger partial charge on any atom is 0.275 e. The van der Waals surface area contributed by atoms with Gasteiger partial charge in [-0.3, -0.25) is 14.4 Å². The first kappa shape index (κ1) is 19.4. The largest absolute Gasteiger partial charge is 0.503 e. The van der Waals surface area contributed by atoms with Crippen LogP contribution in [0.15, 0.2) is 29.2 Å². The summed E-state index contributed by atoms with van der Waals surface area (Å²) in [6, 6.07) is 2.92. The second-order valence-corrected chi connectivity index (χ2v) is 8.20. The van der Waals surface area contributed by atoms with Gasteiger partial charge in [0.05, 0.1) is 11.9 Å². The smallest absolute Gasteiger partial charge is 0.275 e. The van der Waals surface area contributed by atoms with E-state index in [1.807, 2.05) is 6.92 Å². The van der Waals surface area contributed by atoms with Gasteiger partial charge in [0, 0.05) is 36.2 Å². The molecule has 0 aliphatic carbocycles. The fraction of sp³-hybridized carbons (Fsp3) is 0.316. The molecular formula is C19H17F2N3O4S. The molecule has 152 valence electrons. The van der Waals surface area contributed by atoms with Gasteiger partial charge in [0.15, 0.2) is 11.4 Å². The monoisotopic (exact) mass is 421 g/mol. The molecular weight excluding hydrogens is 404 g/mol. The normalized spacial score (nSPS) is 20.4. The molecule has 1 unspecified atom stereocenters. The lowest BCUT2D eigenvalue weighted by Crippen LogP contribution is -2.48. The van der Waals surface area contributed by atoms with Crippen molar-refractivity contribution >= 4 is 23.6 Å². The number of pyridine rings is 1. The lowest BCUT2D eigenvalue weighted by atomic mass is 10.1. The Labute approximate surface area is 168 Å². The van der Waals surface area contributed by atoms with Crippen LogP contribution in [-0.4, -0.2) is 43.6 Å². The van der Waals surface area contributed by atoms with Crippen molar-refractivity contribution < 1.29 is 23.5 Å². The van der Waals surface area contributed by atoms with Crippen LogP contribution in [0.1, 0.15) is 33.3 Å². The zero-order chi connectivity index (χ0) is 20.9. The summed E-state index contributed by atoms with van der Waals surface area (Å²) in [7, 11) is 0. The van der Waals surface area contributed by atoms with Gasteiger partial charge in [-0.15, -0.1) is 11.8 Å². The van der Waals surface area contributed by atoms with E-state index in [2.05, 4.69) is 5.32 Å². The molecule has 2 N–H and O–H groups in total. The topological polar surface area (TPSA) is 91.6 Å². The number of halogens is 2. The van der Waals surface area contributed by atoms with E-state index in [1.54, 1.807) is 16.7 Å². The molecule has 2 amide bonds. The van der Waals surface area contributed by atoms with Crippen molar-refractivity contribution in [3.63, 3.8) is 0 Å². The molecule has 0 saturated carbocycles. The Bertz CT molecular complexity index is 1090. The molecule has 0 spiro atoms. The fourth-order valence-electron chi connectivity index (χ4n) is 3.57. The van der Waals surface area contributed by atoms with Crippen molar-refractivity contribution in [2.24, 2.45) is 0 Å². The number of thioether (sulfide) groups is 1. The van der Waals surface area contributed by atoms with E-state index in [9.17, 15) is 28.3 Å². The van der Waals surface area contributed by atoms with Crippen LogP contribution in [0, 0.1) is 11.6 Å². The maximum atomic E-state index is 13.7. The molecule has 2 aliphatic rings. The summed E-state index contributed by atoms with van der Waals surface area (Å²) in [5.74, 6) is -2.88. The van der Waals surface area contributed by atoms with E-state index >= 15 is 0 Å². The van der Waals surface area contributed by atoms with Crippen molar-refractivity contribution in [2.75, 3.05) is 5.75 Å². The number of fused-ring (bicyclic) bond motifs is 2. The predicted octanol–water partition coefficient (Wildman–Crippen LogP) is 1.68. The SMILES string of the molecule is C[C@@H]1CSC2Cn3cc(C(=O)NCc4ccc(F)cc4F)c(=O)c(O)c3C(=O)N21. The van der Waals surface area contributed by atoms with Gasteiger partial charge in [0.1, 0.15) is 17.2 Å². The summed E-state index contributed by atoms with van der Waals surface area (Å²) in [4.78, 5) is 39.4. The number of nitrogens with zero attached hydrogens (tertiary/aromatic N) is 2. The van der Waals surface area contributed by atoms with Crippen molar-refractivity contribution in [1.82, 2.24) is 14.8 Å². The molecule has 4 rings (SSSR count). The molecule has 1 saturated heterocycles. The Morgan fingerprint density at radius 3 is 2.83 bits per heavy atom. The lowest BCUT2D eigenvalue weighted by Gasteiger charge is -2.34. The highest BCUT2D eigenvalue weighted by Crippen LogP contribution is 2.36. The van der Waals surface area contributed by atoms with E-state index in [0.717, 1.165) is 11.8 Å². The van der Waals surface area contributed by atoms with E-state index in [4.69, 9.17) is 0 Å². The molecule has 29 heavy (non-hydrogen) atoms. The second kappa shape index (κ2) is 7.18. The highest BCUT2D eigenvalue weighted by atomic mass is 32.2. The number of benzene rings is 1. The van der Waals surface area contributed by atoms with Crippen LogP contribution < -0.4 is 10.7 Å². The Morgan fingerprint density at radius 2 is 2.10 bits per heavy atom. The number of carbonyl (C=O) groups excluding carboxylic acids is 2. The Kier molecular flexibility index (Phi) is 4.81. The quantitative estimate of drug-likeness (QED) is 0.787. The minimum absolute atomic E-state index is 0.0191. The Balaban J connectivity index is 1.62. The summed E-state index contributed by atoms with van der Waals surface area (Å²) in [5, 5.41) is 12.6. The van der Waals surface area contributed by atoms with Crippen molar-refractivity contribution in [2.45, 2.75) is 31.4 Å². The third kappa shape index (κ3) is 3.27. The first-order valence-electron chi connectivity index (χ1n) is 8.90. The number of carbonyl (C=O) groups is 2. The van der Waals surface area contributed by atoms with Gasteiger partial charge in [0.2, 0.25) is 5.43 Å². The van der Waals surface area contributed by atoms with Gasteiger partial charge in [-0.1, -0.05) is 6.07 Å². The number of rotatable bonds is 3. The van der Waals surface area contributed by atoms with E-state index in [-0.39, 0.29) is 34.8 Å². The summed E-state index contributed by atoms with van der Waals surface area (Å²) < 4.78 is 28.1. The molecule has 0 radical (unpaired) electrons. The van der Waals surface area contributed by atoms with Crippen molar-refractivity contribution in [3.05, 3.63) is 63.1 Å². The molecule has 1 fully saturated rings. The van der Waals surface area contributed by atoms with Gasteiger partial charge >= 0.3 is 0 Å². The molecule has 3 heterocycles. The highest BCUT2D eigenvalue weighted by molar-refractivity contribution is 8.00. The third-order valence-corrected chi connectivity index (χ3v) is 6.50. The van der Waals surface area contributed by atoms with Gasteiger partial charge in [-0.05, 0) is 13.0 Å². The van der Waals surface area contributed by atoms with Gasteiger partial charge < -0.3 is 19.9 Å². The molecule has 7 nitrogen and oxygen atoms in total. The summed E-state index contributed by atoms with van der Waals surface area (Å²) in [6.45, 7) is 1.96. The van der Waals surface area contributed by atoms with Gasteiger partial charge in [0.25, 0.3) is 11.8 Å². The van der Waals surface area contributed by atoms with Crippen LogP contribution in [0.5, 0.6) is 5.75 Å². The van der Waals surface area contributed by atoms with Gasteiger partial charge in [-0.2, -0.15) is 0 Å². The Morgan fingerprint density at radius 1 is 1.34 bits per heavy atom. The van der Waals surface area contributed by atoms with Crippen LogP contribution in [0.25, 0.3) is 0 Å². The standard InChI is InChI=1S/C19H17F2N3O4S/c1-9-8-29-14-7-23-6-12(16(25)17(26)15(23)19(28)24(9)14)18(27)22-5-10-2-3-11(20)4-13(10)21/h2-4,6,9,14,26H,5,7-8H2,1H3,(H,22,27)/t9-,14?/m1/s1. The predicted molar refractivity (Wildman–Crippen MR) is 102 cm³/mol. The molecule has 2 atom stereocenters. The maximum absolute atomic E-state index is 13.7. The van der Waals surface area contributed by atoms with Crippen LogP contribution in [-0.2, 0) is 13.1 Å². The highest BCUT2D eigenvalue weighted by Gasteiger charge is 2.42. The number of aromatic nitrogens is 1. The number of hydrogen-bond acceptors (Lipinski definition) is 5. The zero-order valence-electron chi connectivity index (χ0n) is 15.3. The molecule has 10 heteroatoms. The first-order valence-corrected chi connectivity index (χ1v) is 9.95. The lowest BCUT2D eigenvalue weighted by molar-refractivity contribution is 0.0634. The molecule has 2 aromatic rings. The van der Waals surface area contributed by atoms with Crippen LogP contribution in [0.2, 0.25) is 0 Å². The summed E-state index contributed by atoms with van der Waals surface area (Å²) >= 11 is 1.59. The summed E-state index contributed by atoms with van der Waals surface area (Å²) in [6.07, 6.45) is 1.24. The molecule has 2 aliphatic heterocycles. The van der Waals surface area contributed by atoms with E-state index in [0.29, 0.717) is 12.6 Å². The van der Waals surface area contributed by atoms with Crippen LogP contribution >= 0.6 is 11.8 Å². The van der Waals surface area contributed by atoms with Crippen LogP contribution in [0.4, 0.5) is 8.78 Å². The van der Waals surface area contributed by atoms with E-state index in [1.165, 1.54) is 16.8 Å². The first-order chi connectivity index (χ1) is 13.8. The second-order valence-electron chi connectivity index (χ2n) is 6.99. The molecule has 1 aromatic carbocycles. The number of hydrogen-bond donors (Lipinski definition) is 2. The average molecular weight is 421 g/mol. The minimum atomic E-state index is -0.973. The number of aromatic hydroxyl groups is 1.